The van der Waals surface area contributed by atoms with E-state index in [1.807, 2.05) is 48.0 Å². The molecule has 1 aliphatic rings. The van der Waals surface area contributed by atoms with Crippen molar-refractivity contribution < 1.29 is 14.7 Å². The van der Waals surface area contributed by atoms with E-state index >= 15 is 0 Å². The molecule has 3 aromatic rings. The third-order valence-electron chi connectivity index (χ3n) is 3.90. The molecule has 0 unspecified atom stereocenters. The number of carboxylic acids is 1. The number of anilines is 1. The minimum Gasteiger partial charge on any atom is -0.481 e. The van der Waals surface area contributed by atoms with Gasteiger partial charge in [-0.3, -0.25) is 9.59 Å². The van der Waals surface area contributed by atoms with Gasteiger partial charge in [-0.1, -0.05) is 18.2 Å². The van der Waals surface area contributed by atoms with Gasteiger partial charge in [0.1, 0.15) is 0 Å². The van der Waals surface area contributed by atoms with Crippen LogP contribution < -0.4 is 5.32 Å². The Balaban J connectivity index is 1.47. The van der Waals surface area contributed by atoms with Crippen LogP contribution in [0, 0.1) is 6.92 Å². The molecule has 8 nitrogen and oxygen atoms in total. The minimum atomic E-state index is -0.944. The number of nitrogens with one attached hydrogen (secondary N) is 1. The standard InChI is InChI=1S/C19H15N5O3S2/c1-11-7-12(23-24(11)14-5-3-2-4-6-14)8-15-17(27)21-19(29-15)22-18-20-13(10-28-18)9-16(25)26/h2-8,10H,9H2,1H3,(H,25,26)(H,20,21,22,27)/b15-8+. The number of rotatable bonds is 5. The van der Waals surface area contributed by atoms with E-state index < -0.39 is 5.97 Å². The quantitative estimate of drug-likeness (QED) is 0.603. The van der Waals surface area contributed by atoms with Crippen molar-refractivity contribution in [2.24, 2.45) is 4.99 Å². The zero-order chi connectivity index (χ0) is 20.4. The average molecular weight is 425 g/mol. The summed E-state index contributed by atoms with van der Waals surface area (Å²) in [7, 11) is 0. The van der Waals surface area contributed by atoms with Crippen LogP contribution in [-0.4, -0.2) is 36.9 Å². The Hall–Kier alpha value is -3.24. The summed E-state index contributed by atoms with van der Waals surface area (Å²) >= 11 is 2.46. The van der Waals surface area contributed by atoms with Gasteiger partial charge in [0.25, 0.3) is 5.91 Å². The Labute approximate surface area is 174 Å². The molecule has 0 saturated heterocycles. The van der Waals surface area contributed by atoms with E-state index in [1.165, 1.54) is 23.1 Å². The normalized spacial score (nSPS) is 15.0. The Morgan fingerprint density at radius 3 is 2.86 bits per heavy atom. The van der Waals surface area contributed by atoms with Crippen LogP contribution in [0.25, 0.3) is 11.8 Å². The molecular formula is C19H15N5O3S2. The number of thioether (sulfide) groups is 1. The molecule has 0 spiro atoms. The van der Waals surface area contributed by atoms with Crippen LogP contribution in [0.1, 0.15) is 17.1 Å². The van der Waals surface area contributed by atoms with Gasteiger partial charge >= 0.3 is 5.97 Å². The Morgan fingerprint density at radius 2 is 2.10 bits per heavy atom. The summed E-state index contributed by atoms with van der Waals surface area (Å²) in [5.74, 6) is -1.30. The molecule has 0 bridgehead atoms. The molecule has 3 heterocycles. The number of thiazole rings is 1. The number of hydrogen-bond acceptors (Lipinski definition) is 7. The second kappa shape index (κ2) is 8.02. The molecule has 0 atom stereocenters. The fraction of sp³-hybridized carbons (Fsp3) is 0.105. The molecule has 10 heteroatoms. The molecule has 1 amide bonds. The fourth-order valence-electron chi connectivity index (χ4n) is 2.69. The lowest BCUT2D eigenvalue weighted by molar-refractivity contribution is -0.136. The first-order chi connectivity index (χ1) is 14.0. The maximum Gasteiger partial charge on any atom is 0.309 e. The van der Waals surface area contributed by atoms with Crippen LogP contribution in [0.2, 0.25) is 0 Å². The number of aliphatic carboxylic acids is 1. The topological polar surface area (TPSA) is 109 Å². The highest BCUT2D eigenvalue weighted by atomic mass is 32.2. The number of carbonyl (C=O) groups excluding carboxylic acids is 1. The minimum absolute atomic E-state index is 0.148. The van der Waals surface area contributed by atoms with Gasteiger partial charge in [0.2, 0.25) is 0 Å². The molecule has 146 valence electrons. The Kier molecular flexibility index (Phi) is 5.28. The van der Waals surface area contributed by atoms with Crippen LogP contribution in [0.15, 0.2) is 51.7 Å². The molecule has 0 aliphatic carbocycles. The van der Waals surface area contributed by atoms with Gasteiger partial charge in [0.05, 0.1) is 28.4 Å². The van der Waals surface area contributed by atoms with Crippen LogP contribution >= 0.6 is 23.1 Å². The Morgan fingerprint density at radius 1 is 1.31 bits per heavy atom. The second-order valence-corrected chi connectivity index (χ2v) is 8.02. The van der Waals surface area contributed by atoms with Crippen molar-refractivity contribution >= 4 is 51.4 Å². The zero-order valence-corrected chi connectivity index (χ0v) is 16.8. The number of carboxylic acid groups (broad SMARTS) is 1. The molecule has 0 fully saturated rings. The summed E-state index contributed by atoms with van der Waals surface area (Å²) in [6.07, 6.45) is 1.56. The maximum absolute atomic E-state index is 12.2. The number of benzene rings is 1. The number of amidine groups is 1. The van der Waals surface area contributed by atoms with Crippen LogP contribution in [0.3, 0.4) is 0 Å². The van der Waals surface area contributed by atoms with E-state index in [0.29, 0.717) is 26.6 Å². The molecule has 2 aromatic heterocycles. The number of aliphatic imine (C=N–C) groups is 1. The molecule has 0 radical (unpaired) electrons. The van der Waals surface area contributed by atoms with Gasteiger partial charge in [0.15, 0.2) is 10.3 Å². The number of para-hydroxylation sites is 1. The van der Waals surface area contributed by atoms with Crippen LogP contribution in [0.4, 0.5) is 5.13 Å². The van der Waals surface area contributed by atoms with Crippen molar-refractivity contribution in [2.45, 2.75) is 13.3 Å². The molecule has 1 aliphatic heterocycles. The summed E-state index contributed by atoms with van der Waals surface area (Å²) in [6.45, 7) is 1.95. The largest absolute Gasteiger partial charge is 0.481 e. The lowest BCUT2D eigenvalue weighted by Crippen LogP contribution is -2.05. The molecule has 29 heavy (non-hydrogen) atoms. The predicted octanol–water partition coefficient (Wildman–Crippen LogP) is 3.35. The van der Waals surface area contributed by atoms with Crippen molar-refractivity contribution in [3.05, 3.63) is 63.8 Å². The summed E-state index contributed by atoms with van der Waals surface area (Å²) < 4.78 is 1.82. The van der Waals surface area contributed by atoms with Crippen molar-refractivity contribution in [3.63, 3.8) is 0 Å². The molecular weight excluding hydrogens is 410 g/mol. The fourth-order valence-corrected chi connectivity index (χ4v) is 4.26. The van der Waals surface area contributed by atoms with E-state index in [1.54, 1.807) is 11.5 Å². The first-order valence-electron chi connectivity index (χ1n) is 8.56. The number of aromatic nitrogens is 3. The second-order valence-electron chi connectivity index (χ2n) is 6.13. The van der Waals surface area contributed by atoms with Gasteiger partial charge in [-0.05, 0) is 43.0 Å². The molecule has 4 rings (SSSR count). The zero-order valence-electron chi connectivity index (χ0n) is 15.2. The maximum atomic E-state index is 12.2. The monoisotopic (exact) mass is 425 g/mol. The van der Waals surface area contributed by atoms with Gasteiger partial charge < -0.3 is 10.4 Å². The van der Waals surface area contributed by atoms with Crippen molar-refractivity contribution in [1.29, 1.82) is 0 Å². The van der Waals surface area contributed by atoms with E-state index in [0.717, 1.165) is 11.4 Å². The summed E-state index contributed by atoms with van der Waals surface area (Å²) in [4.78, 5) is 31.6. The highest BCUT2D eigenvalue weighted by molar-refractivity contribution is 8.18. The van der Waals surface area contributed by atoms with Gasteiger partial charge in [-0.2, -0.15) is 10.1 Å². The average Bonchev–Trinajstić information content (AvgIpc) is 3.36. The summed E-state index contributed by atoms with van der Waals surface area (Å²) in [5.41, 5.74) is 3.01. The third-order valence-corrected chi connectivity index (χ3v) is 5.61. The van der Waals surface area contributed by atoms with Crippen molar-refractivity contribution in [3.8, 4) is 5.69 Å². The molecule has 2 N–H and O–H groups in total. The number of carbonyl (C=O) groups is 2. The van der Waals surface area contributed by atoms with Gasteiger partial charge in [-0.25, -0.2) is 9.67 Å². The van der Waals surface area contributed by atoms with E-state index in [4.69, 9.17) is 5.11 Å². The van der Waals surface area contributed by atoms with E-state index in [2.05, 4.69) is 20.4 Å². The first kappa shape index (κ1) is 19.1. The van der Waals surface area contributed by atoms with Gasteiger partial charge in [-0.15, -0.1) is 11.3 Å². The van der Waals surface area contributed by atoms with E-state index in [9.17, 15) is 9.59 Å². The van der Waals surface area contributed by atoms with Gasteiger partial charge in [0, 0.05) is 11.1 Å². The lowest BCUT2D eigenvalue weighted by atomic mass is 10.3. The molecule has 0 saturated carbocycles. The van der Waals surface area contributed by atoms with Crippen LogP contribution in [0.5, 0.6) is 0 Å². The third kappa shape index (κ3) is 4.44. The first-order valence-corrected chi connectivity index (χ1v) is 10.3. The smallest absolute Gasteiger partial charge is 0.309 e. The predicted molar refractivity (Wildman–Crippen MR) is 113 cm³/mol. The highest BCUT2D eigenvalue weighted by Gasteiger charge is 2.23. The summed E-state index contributed by atoms with van der Waals surface area (Å²) in [6, 6.07) is 11.7. The highest BCUT2D eigenvalue weighted by Crippen LogP contribution is 2.30. The number of amides is 1. The van der Waals surface area contributed by atoms with Crippen molar-refractivity contribution in [2.75, 3.05) is 5.32 Å². The Bertz CT molecular complexity index is 1150. The van der Waals surface area contributed by atoms with Crippen LogP contribution in [-0.2, 0) is 16.0 Å². The lowest BCUT2D eigenvalue weighted by Gasteiger charge is -2.02. The number of hydrogen-bond donors (Lipinski definition) is 2. The van der Waals surface area contributed by atoms with E-state index in [-0.39, 0.29) is 12.3 Å². The number of aryl methyl sites for hydroxylation is 1. The number of nitrogens with zero attached hydrogens (tertiary/aromatic N) is 4. The summed E-state index contributed by atoms with van der Waals surface area (Å²) in [5, 5.41) is 18.9. The van der Waals surface area contributed by atoms with Crippen molar-refractivity contribution in [1.82, 2.24) is 14.8 Å². The molecule has 1 aromatic carbocycles. The SMILES string of the molecule is Cc1cc(/C=C2/SC(Nc3nc(CC(=O)O)cs3)=NC2=O)nn1-c1ccccc1.